The molecule has 3 atom stereocenters. The van der Waals surface area contributed by atoms with Gasteiger partial charge in [0.05, 0.1) is 11.6 Å². The standard InChI is InChI=1S/C18H15F3N2/c19-18(20,21)12-4-5-16-15(10-12)13-2-1-3-14(13)17(23-16)11-6-8-22-9-7-11/h1-2,4-10,13-14,17,23H,3H2/t13?,14?,17-/m1/s1. The normalized spacial score (nSPS) is 25.6. The number of fused-ring (bicyclic) bond motifs is 3. The van der Waals surface area contributed by atoms with E-state index in [9.17, 15) is 13.2 Å². The van der Waals surface area contributed by atoms with Crippen molar-refractivity contribution in [2.24, 2.45) is 5.92 Å². The molecule has 1 aromatic carbocycles. The van der Waals surface area contributed by atoms with Gasteiger partial charge in [0.2, 0.25) is 0 Å². The molecule has 5 heteroatoms. The Bertz CT molecular complexity index is 753. The lowest BCUT2D eigenvalue weighted by Gasteiger charge is -2.37. The van der Waals surface area contributed by atoms with E-state index in [1.165, 1.54) is 6.07 Å². The lowest BCUT2D eigenvalue weighted by atomic mass is 9.77. The Balaban J connectivity index is 1.78. The molecule has 0 bridgehead atoms. The van der Waals surface area contributed by atoms with Crippen molar-refractivity contribution in [3.63, 3.8) is 0 Å². The number of nitrogens with zero attached hydrogens (tertiary/aromatic N) is 1. The van der Waals surface area contributed by atoms with Crippen molar-refractivity contribution in [1.29, 1.82) is 0 Å². The Morgan fingerprint density at radius 2 is 1.87 bits per heavy atom. The monoisotopic (exact) mass is 316 g/mol. The zero-order valence-corrected chi connectivity index (χ0v) is 12.2. The lowest BCUT2D eigenvalue weighted by molar-refractivity contribution is -0.137. The number of pyridine rings is 1. The van der Waals surface area contributed by atoms with Crippen LogP contribution in [-0.2, 0) is 6.18 Å². The van der Waals surface area contributed by atoms with E-state index in [0.29, 0.717) is 0 Å². The summed E-state index contributed by atoms with van der Waals surface area (Å²) in [7, 11) is 0. The van der Waals surface area contributed by atoms with Gasteiger partial charge in [-0.2, -0.15) is 13.2 Å². The van der Waals surface area contributed by atoms with Gasteiger partial charge < -0.3 is 5.32 Å². The van der Waals surface area contributed by atoms with Crippen LogP contribution in [0.5, 0.6) is 0 Å². The fraction of sp³-hybridized carbons (Fsp3) is 0.278. The van der Waals surface area contributed by atoms with E-state index in [-0.39, 0.29) is 17.9 Å². The first-order chi connectivity index (χ1) is 11.0. The molecule has 2 heterocycles. The smallest absolute Gasteiger partial charge is 0.378 e. The van der Waals surface area contributed by atoms with Crippen LogP contribution in [0.3, 0.4) is 0 Å². The summed E-state index contributed by atoms with van der Waals surface area (Å²) in [4.78, 5) is 4.04. The summed E-state index contributed by atoms with van der Waals surface area (Å²) in [6.07, 6.45) is 4.15. The van der Waals surface area contributed by atoms with E-state index < -0.39 is 11.7 Å². The predicted octanol–water partition coefficient (Wildman–Crippen LogP) is 4.93. The van der Waals surface area contributed by atoms with E-state index in [1.54, 1.807) is 18.5 Å². The van der Waals surface area contributed by atoms with Crippen molar-refractivity contribution in [1.82, 2.24) is 4.98 Å². The summed E-state index contributed by atoms with van der Waals surface area (Å²) in [6, 6.07) is 7.99. The van der Waals surface area contributed by atoms with E-state index in [0.717, 1.165) is 29.3 Å². The molecule has 2 nitrogen and oxygen atoms in total. The third-order valence-corrected chi connectivity index (χ3v) is 4.76. The van der Waals surface area contributed by atoms with Crippen molar-refractivity contribution >= 4 is 5.69 Å². The first-order valence-electron chi connectivity index (χ1n) is 7.58. The zero-order chi connectivity index (χ0) is 16.0. The molecule has 1 aliphatic carbocycles. The van der Waals surface area contributed by atoms with Crippen LogP contribution in [0.2, 0.25) is 0 Å². The van der Waals surface area contributed by atoms with Crippen molar-refractivity contribution in [3.05, 3.63) is 71.6 Å². The molecule has 0 fully saturated rings. The van der Waals surface area contributed by atoms with E-state index in [2.05, 4.69) is 16.4 Å². The average molecular weight is 316 g/mol. The highest BCUT2D eigenvalue weighted by Gasteiger charge is 2.39. The molecule has 0 saturated heterocycles. The summed E-state index contributed by atoms with van der Waals surface area (Å²) in [5, 5.41) is 3.43. The number of anilines is 1. The minimum absolute atomic E-state index is 0.0201. The highest BCUT2D eigenvalue weighted by Crippen LogP contribution is 2.50. The Kier molecular flexibility index (Phi) is 3.18. The largest absolute Gasteiger partial charge is 0.416 e. The Morgan fingerprint density at radius 1 is 1.09 bits per heavy atom. The second-order valence-corrected chi connectivity index (χ2v) is 6.06. The number of nitrogens with one attached hydrogen (secondary N) is 1. The minimum atomic E-state index is -4.31. The second-order valence-electron chi connectivity index (χ2n) is 6.06. The van der Waals surface area contributed by atoms with Gasteiger partial charge in [0.1, 0.15) is 0 Å². The van der Waals surface area contributed by atoms with Crippen LogP contribution in [0.1, 0.15) is 35.1 Å². The van der Waals surface area contributed by atoms with Gasteiger partial charge in [-0.1, -0.05) is 12.2 Å². The van der Waals surface area contributed by atoms with Gasteiger partial charge in [-0.25, -0.2) is 0 Å². The third-order valence-electron chi connectivity index (χ3n) is 4.76. The predicted molar refractivity (Wildman–Crippen MR) is 82.0 cm³/mol. The van der Waals surface area contributed by atoms with Crippen LogP contribution in [0.15, 0.2) is 54.9 Å². The summed E-state index contributed by atoms with van der Waals surface area (Å²) in [6.45, 7) is 0. The molecule has 1 aromatic heterocycles. The number of hydrogen-bond donors (Lipinski definition) is 1. The van der Waals surface area contributed by atoms with Crippen LogP contribution >= 0.6 is 0 Å². The fourth-order valence-corrected chi connectivity index (χ4v) is 3.67. The molecular formula is C18H15F3N2. The molecule has 2 aromatic rings. The molecule has 118 valence electrons. The molecule has 0 radical (unpaired) electrons. The topological polar surface area (TPSA) is 24.9 Å². The second kappa shape index (κ2) is 5.11. The highest BCUT2D eigenvalue weighted by atomic mass is 19.4. The highest BCUT2D eigenvalue weighted by molar-refractivity contribution is 5.61. The lowest BCUT2D eigenvalue weighted by Crippen LogP contribution is -2.29. The van der Waals surface area contributed by atoms with Crippen molar-refractivity contribution in [2.75, 3.05) is 5.32 Å². The van der Waals surface area contributed by atoms with E-state index >= 15 is 0 Å². The molecule has 0 saturated carbocycles. The van der Waals surface area contributed by atoms with Crippen LogP contribution < -0.4 is 5.32 Å². The third kappa shape index (κ3) is 2.40. The number of hydrogen-bond acceptors (Lipinski definition) is 2. The minimum Gasteiger partial charge on any atom is -0.378 e. The molecule has 1 aliphatic heterocycles. The van der Waals surface area contributed by atoms with Crippen LogP contribution in [0, 0.1) is 5.92 Å². The van der Waals surface area contributed by atoms with Crippen molar-refractivity contribution in [3.8, 4) is 0 Å². The molecule has 0 spiro atoms. The van der Waals surface area contributed by atoms with Gasteiger partial charge in [-0.05, 0) is 53.8 Å². The number of rotatable bonds is 1. The van der Waals surface area contributed by atoms with Gasteiger partial charge in [0.15, 0.2) is 0 Å². The number of allylic oxidation sites excluding steroid dienone is 2. The molecule has 2 unspecified atom stereocenters. The maximum atomic E-state index is 13.0. The quantitative estimate of drug-likeness (QED) is 0.755. The molecule has 0 amide bonds. The number of halogens is 3. The average Bonchev–Trinajstić information content (AvgIpc) is 3.03. The Labute approximate surface area is 132 Å². The molecule has 1 N–H and O–H groups in total. The van der Waals surface area contributed by atoms with Crippen molar-refractivity contribution in [2.45, 2.75) is 24.6 Å². The number of benzene rings is 1. The van der Waals surface area contributed by atoms with Crippen molar-refractivity contribution < 1.29 is 13.2 Å². The first kappa shape index (κ1) is 14.3. The Morgan fingerprint density at radius 3 is 2.61 bits per heavy atom. The molecular weight excluding hydrogens is 301 g/mol. The summed E-state index contributed by atoms with van der Waals surface area (Å²) in [5.74, 6) is 0.250. The van der Waals surface area contributed by atoms with Gasteiger partial charge in [-0.3, -0.25) is 4.98 Å². The van der Waals surface area contributed by atoms with Gasteiger partial charge >= 0.3 is 6.18 Å². The molecule has 23 heavy (non-hydrogen) atoms. The zero-order valence-electron chi connectivity index (χ0n) is 12.2. The summed E-state index contributed by atoms with van der Waals surface area (Å²) < 4.78 is 39.0. The summed E-state index contributed by atoms with van der Waals surface area (Å²) >= 11 is 0. The SMILES string of the molecule is FC(F)(F)c1ccc2c(c1)C1C=CCC1[C@@H](c1ccncc1)N2. The maximum Gasteiger partial charge on any atom is 0.416 e. The van der Waals surface area contributed by atoms with Gasteiger partial charge in [0.25, 0.3) is 0 Å². The molecule has 2 aliphatic rings. The Hall–Kier alpha value is -2.30. The molecule has 4 rings (SSSR count). The number of aromatic nitrogens is 1. The first-order valence-corrected chi connectivity index (χ1v) is 7.58. The van der Waals surface area contributed by atoms with E-state index in [1.807, 2.05) is 18.2 Å². The maximum absolute atomic E-state index is 13.0. The van der Waals surface area contributed by atoms with Gasteiger partial charge in [0, 0.05) is 24.0 Å². The number of alkyl halides is 3. The van der Waals surface area contributed by atoms with E-state index in [4.69, 9.17) is 0 Å². The van der Waals surface area contributed by atoms with Crippen LogP contribution in [0.4, 0.5) is 18.9 Å². The van der Waals surface area contributed by atoms with Crippen LogP contribution in [-0.4, -0.2) is 4.98 Å². The van der Waals surface area contributed by atoms with Gasteiger partial charge in [-0.15, -0.1) is 0 Å². The fourth-order valence-electron chi connectivity index (χ4n) is 3.67. The summed E-state index contributed by atoms with van der Waals surface area (Å²) in [5.41, 5.74) is 2.06. The van der Waals surface area contributed by atoms with Crippen LogP contribution in [0.25, 0.3) is 0 Å².